The lowest BCUT2D eigenvalue weighted by Crippen LogP contribution is -2.71. The molecule has 200 valence electrons. The quantitative estimate of drug-likeness (QED) is 0.459. The van der Waals surface area contributed by atoms with Gasteiger partial charge in [0.1, 0.15) is 5.75 Å². The highest BCUT2D eigenvalue weighted by Gasteiger charge is 2.71. The molecule has 6 atom stereocenters. The summed E-state index contributed by atoms with van der Waals surface area (Å²) in [6, 6.07) is 13.6. The Hall–Kier alpha value is -2.92. The largest absolute Gasteiger partial charge is 0.508 e. The number of hydrogen-bond donors (Lipinski definition) is 4. The molecule has 6 N–H and O–H groups in total. The van der Waals surface area contributed by atoms with Gasteiger partial charge in [0.15, 0.2) is 5.41 Å². The van der Waals surface area contributed by atoms with Crippen LogP contribution < -0.4 is 11.5 Å². The van der Waals surface area contributed by atoms with Gasteiger partial charge in [0.05, 0.1) is 18.3 Å². The van der Waals surface area contributed by atoms with Gasteiger partial charge in [-0.1, -0.05) is 31.2 Å². The fourth-order valence-corrected chi connectivity index (χ4v) is 8.73. The second-order valence-corrected chi connectivity index (χ2v) is 12.5. The van der Waals surface area contributed by atoms with E-state index in [0.717, 1.165) is 40.7 Å². The zero-order valence-corrected chi connectivity index (χ0v) is 22.2. The third-order valence-electron chi connectivity index (χ3n) is 11.0. The minimum absolute atomic E-state index is 0.00991. The van der Waals surface area contributed by atoms with Gasteiger partial charge in [0.2, 0.25) is 0 Å². The van der Waals surface area contributed by atoms with E-state index >= 15 is 0 Å². The minimum atomic E-state index is -1.22. The molecule has 0 bridgehead atoms. The summed E-state index contributed by atoms with van der Waals surface area (Å²) in [6.45, 7) is 4.10. The van der Waals surface area contributed by atoms with Crippen LogP contribution in [0.15, 0.2) is 36.4 Å². The van der Waals surface area contributed by atoms with E-state index in [2.05, 4.69) is 13.0 Å². The summed E-state index contributed by atoms with van der Waals surface area (Å²) in [7, 11) is 0. The average Bonchev–Trinajstić information content (AvgIpc) is 3.38. The van der Waals surface area contributed by atoms with E-state index in [-0.39, 0.29) is 24.7 Å². The lowest BCUT2D eigenvalue weighted by molar-refractivity contribution is -0.151. The predicted molar refractivity (Wildman–Crippen MR) is 142 cm³/mol. The zero-order chi connectivity index (χ0) is 27.1. The average molecular weight is 516 g/mol. The van der Waals surface area contributed by atoms with E-state index < -0.39 is 33.5 Å². The van der Waals surface area contributed by atoms with Crippen LogP contribution in [0.2, 0.25) is 0 Å². The Morgan fingerprint density at radius 2 is 1.84 bits per heavy atom. The maximum absolute atomic E-state index is 12.7. The zero-order valence-electron chi connectivity index (χ0n) is 22.2. The molecule has 2 aromatic carbocycles. The summed E-state index contributed by atoms with van der Waals surface area (Å²) in [5, 5.41) is 32.4. The van der Waals surface area contributed by atoms with Crippen LogP contribution >= 0.6 is 0 Å². The molecule has 0 aliphatic heterocycles. The van der Waals surface area contributed by atoms with Crippen molar-refractivity contribution >= 4 is 5.97 Å². The normalized spacial score (nSPS) is 38.9. The number of hydrogen-bond acceptors (Lipinski definition) is 7. The smallest absolute Gasteiger partial charge is 0.327 e. The first kappa shape index (κ1) is 25.4. The number of fused-ring (bicyclic) bond motifs is 6. The number of nitrogens with two attached hydrogens (primary N) is 2. The van der Waals surface area contributed by atoms with Gasteiger partial charge < -0.3 is 26.4 Å². The molecule has 0 spiro atoms. The Morgan fingerprint density at radius 3 is 2.58 bits per heavy atom. The third kappa shape index (κ3) is 3.03. The van der Waals surface area contributed by atoms with Crippen molar-refractivity contribution in [2.45, 2.75) is 81.9 Å². The molecule has 1 unspecified atom stereocenters. The van der Waals surface area contributed by atoms with Gasteiger partial charge in [-0.2, -0.15) is 5.26 Å². The summed E-state index contributed by atoms with van der Waals surface area (Å²) >= 11 is 0. The number of aromatic hydroxyl groups is 1. The van der Waals surface area contributed by atoms with Crippen molar-refractivity contribution in [2.75, 3.05) is 6.61 Å². The van der Waals surface area contributed by atoms with Crippen LogP contribution in [0.1, 0.15) is 73.8 Å². The third-order valence-corrected chi connectivity index (χ3v) is 11.0. The van der Waals surface area contributed by atoms with Crippen LogP contribution in [0.5, 0.6) is 5.75 Å². The first-order valence-corrected chi connectivity index (χ1v) is 13.8. The van der Waals surface area contributed by atoms with Gasteiger partial charge in [-0.05, 0) is 91.3 Å². The Kier molecular flexibility index (Phi) is 5.37. The number of aryl methyl sites for hydroxylation is 1. The molecule has 6 rings (SSSR count). The SMILES string of the molecule is CCOC(=O)C1(C#N)Cc2ccc([C@]3(O)CC[C@@]4(N)[C@@H]5CCc6cc(O)ccc6[C@@]5(N)CC[C@]34C)cc2C1. The van der Waals surface area contributed by atoms with Crippen molar-refractivity contribution in [3.63, 3.8) is 0 Å². The molecule has 2 aromatic rings. The number of phenolic OH excluding ortho intramolecular Hbond substituents is 1. The van der Waals surface area contributed by atoms with Crippen LogP contribution in [0.25, 0.3) is 0 Å². The van der Waals surface area contributed by atoms with Gasteiger partial charge in [-0.25, -0.2) is 0 Å². The fraction of sp³-hybridized carbons (Fsp3) is 0.548. The Balaban J connectivity index is 1.36. The lowest BCUT2D eigenvalue weighted by atomic mass is 9.46. The highest BCUT2D eigenvalue weighted by molar-refractivity contribution is 5.82. The highest BCUT2D eigenvalue weighted by atomic mass is 16.5. The van der Waals surface area contributed by atoms with E-state index in [0.29, 0.717) is 32.1 Å². The standard InChI is InChI=1S/C31H37N3O4/c1-3-38-26(36)28(18-32)16-20-4-6-22(14-21(20)17-28)31(37)13-12-30(34)25-9-5-19-15-23(35)7-8-24(19)29(25,33)11-10-27(30,31)2/h4,6-8,14-15,25,35,37H,3,5,9-13,16-17,33-34H2,1-2H3/t25-,27+,28?,29+,30-,31-/m1/s1. The number of carbonyl (C=O) groups excluding carboxylic acids is 1. The molecule has 0 saturated heterocycles. The van der Waals surface area contributed by atoms with E-state index in [1.165, 1.54) is 0 Å². The number of carbonyl (C=O) groups is 1. The summed E-state index contributed by atoms with van der Waals surface area (Å²) in [5.41, 5.74) is 15.2. The van der Waals surface area contributed by atoms with Crippen LogP contribution in [0.4, 0.5) is 0 Å². The molecular formula is C31H37N3O4. The number of nitrogens with zero attached hydrogens (tertiary/aromatic N) is 1. The summed E-state index contributed by atoms with van der Waals surface area (Å²) in [4.78, 5) is 12.7. The van der Waals surface area contributed by atoms with Crippen molar-refractivity contribution in [1.29, 1.82) is 5.26 Å². The minimum Gasteiger partial charge on any atom is -0.508 e. The van der Waals surface area contributed by atoms with E-state index in [4.69, 9.17) is 16.2 Å². The summed E-state index contributed by atoms with van der Waals surface area (Å²) in [6.07, 6.45) is 4.74. The number of benzene rings is 2. The van der Waals surface area contributed by atoms with Crippen molar-refractivity contribution in [2.24, 2.45) is 28.2 Å². The monoisotopic (exact) mass is 515 g/mol. The van der Waals surface area contributed by atoms with Crippen molar-refractivity contribution in [1.82, 2.24) is 0 Å². The molecule has 7 heteroatoms. The van der Waals surface area contributed by atoms with E-state index in [9.17, 15) is 20.3 Å². The number of phenols is 1. The van der Waals surface area contributed by atoms with Crippen LogP contribution in [-0.2, 0) is 39.9 Å². The van der Waals surface area contributed by atoms with E-state index in [1.54, 1.807) is 13.0 Å². The van der Waals surface area contributed by atoms with E-state index in [1.807, 2.05) is 30.3 Å². The van der Waals surface area contributed by atoms with Crippen molar-refractivity contribution in [3.05, 3.63) is 64.2 Å². The number of nitriles is 1. The molecule has 4 aliphatic carbocycles. The lowest BCUT2D eigenvalue weighted by Gasteiger charge is -2.62. The predicted octanol–water partition coefficient (Wildman–Crippen LogP) is 3.46. The molecular weight excluding hydrogens is 478 g/mol. The van der Waals surface area contributed by atoms with Gasteiger partial charge in [-0.15, -0.1) is 0 Å². The molecule has 2 saturated carbocycles. The van der Waals surface area contributed by atoms with Gasteiger partial charge in [0.25, 0.3) is 0 Å². The molecule has 38 heavy (non-hydrogen) atoms. The topological polar surface area (TPSA) is 143 Å². The summed E-state index contributed by atoms with van der Waals surface area (Å²) in [5.74, 6) is -0.237. The van der Waals surface area contributed by atoms with Gasteiger partial charge >= 0.3 is 5.97 Å². The number of ether oxygens (including phenoxy) is 1. The molecule has 0 heterocycles. The first-order valence-electron chi connectivity index (χ1n) is 13.8. The molecule has 2 fully saturated rings. The molecule has 0 aromatic heterocycles. The molecule has 4 aliphatic rings. The maximum atomic E-state index is 12.7. The Bertz CT molecular complexity index is 1390. The Morgan fingerprint density at radius 1 is 1.08 bits per heavy atom. The fourth-order valence-electron chi connectivity index (χ4n) is 8.73. The second-order valence-electron chi connectivity index (χ2n) is 12.5. The molecule has 0 radical (unpaired) electrons. The van der Waals surface area contributed by atoms with Gasteiger partial charge in [-0.3, -0.25) is 4.79 Å². The molecule has 0 amide bonds. The van der Waals surface area contributed by atoms with Gasteiger partial charge in [0, 0.05) is 29.3 Å². The van der Waals surface area contributed by atoms with Crippen LogP contribution in [-0.4, -0.2) is 28.3 Å². The number of rotatable bonds is 3. The number of aliphatic hydroxyl groups is 1. The number of esters is 1. The maximum Gasteiger partial charge on any atom is 0.327 e. The summed E-state index contributed by atoms with van der Waals surface area (Å²) < 4.78 is 5.24. The van der Waals surface area contributed by atoms with Crippen LogP contribution in [0, 0.1) is 28.1 Å². The second kappa shape index (κ2) is 8.05. The Labute approximate surface area is 223 Å². The van der Waals surface area contributed by atoms with Crippen molar-refractivity contribution in [3.8, 4) is 11.8 Å². The highest BCUT2D eigenvalue weighted by Crippen LogP contribution is 2.68. The van der Waals surface area contributed by atoms with Crippen molar-refractivity contribution < 1.29 is 19.7 Å². The molecule has 7 nitrogen and oxygen atoms in total. The first-order chi connectivity index (χ1) is 18.0. The van der Waals surface area contributed by atoms with Crippen LogP contribution in [0.3, 0.4) is 0 Å².